The van der Waals surface area contributed by atoms with Gasteiger partial charge >= 0.3 is 79.9 Å². The molecule has 1 aromatic heterocycles. The minimum absolute atomic E-state index is 0. The fraction of sp³-hybridized carbons (Fsp3) is 0. The summed E-state index contributed by atoms with van der Waals surface area (Å²) in [5.74, 6) is 0. The van der Waals surface area contributed by atoms with Gasteiger partial charge in [-0.3, -0.25) is 0 Å². The molecule has 0 aliphatic heterocycles. The van der Waals surface area contributed by atoms with Crippen molar-refractivity contribution in [2.45, 2.75) is 0 Å². The van der Waals surface area contributed by atoms with Gasteiger partial charge < -0.3 is 0 Å². The Hall–Kier alpha value is -0.123. The normalized spacial score (nSPS) is 8.80. The topological polar surface area (TPSA) is 13.1 Å². The molecule has 0 amide bonds. The van der Waals surface area contributed by atoms with Gasteiger partial charge in [0.05, 0.1) is 0 Å². The molecule has 0 spiro atoms. The van der Waals surface area contributed by atoms with Gasteiger partial charge in [0.15, 0.2) is 0 Å². The van der Waals surface area contributed by atoms with Crippen LogP contribution in [0.4, 0.5) is 0 Å². The van der Waals surface area contributed by atoms with Crippen LogP contribution in [0.15, 0.2) is 34.8 Å². The molecule has 48 valence electrons. The number of benzene rings is 1. The molecule has 0 N–H and O–H groups in total. The molecule has 10 heavy (non-hydrogen) atoms. The van der Waals surface area contributed by atoms with Crippen molar-refractivity contribution in [1.82, 2.24) is 0 Å². The fourth-order valence-corrected chi connectivity index (χ4v) is 0.906. The van der Waals surface area contributed by atoms with Crippen molar-refractivity contribution in [3.63, 3.8) is 0 Å². The van der Waals surface area contributed by atoms with Crippen LogP contribution in [-0.2, 0) is 0 Å². The van der Waals surface area contributed by atoms with Gasteiger partial charge in [0.1, 0.15) is 0 Å². The summed E-state index contributed by atoms with van der Waals surface area (Å²) in [5.41, 5.74) is 0.956. The predicted molar refractivity (Wildman–Crippen MR) is 46.1 cm³/mol. The zero-order valence-corrected chi connectivity index (χ0v) is 11.1. The summed E-state index contributed by atoms with van der Waals surface area (Å²) in [6.07, 6.45) is 1.70. The zero-order valence-electron chi connectivity index (χ0n) is 5.58. The molecular weight excluding hydrogens is 318 g/mol. The number of hydrogen-bond donors (Lipinski definition) is 0. The molecule has 1 aromatic carbocycles. The van der Waals surface area contributed by atoms with E-state index >= 15 is 0 Å². The van der Waals surface area contributed by atoms with Crippen molar-refractivity contribution in [2.24, 2.45) is 0 Å². The van der Waals surface area contributed by atoms with Gasteiger partial charge in [-0.2, -0.15) is 0 Å². The molecule has 0 atom stereocenters. The van der Waals surface area contributed by atoms with Crippen LogP contribution in [0, 0.1) is 0 Å². The third-order valence-electron chi connectivity index (χ3n) is 1.36. The van der Waals surface area contributed by atoms with E-state index in [1.165, 1.54) is 0 Å². The molecule has 1 heterocycles. The SMILES string of the molecule is [PbH2].b1coc2ccccc12. The Morgan fingerprint density at radius 2 is 2.00 bits per heavy atom. The number of fused-ring (bicyclic) bond motifs is 1. The van der Waals surface area contributed by atoms with Crippen LogP contribution in [0.3, 0.4) is 0 Å². The van der Waals surface area contributed by atoms with E-state index in [0.717, 1.165) is 10.9 Å². The van der Waals surface area contributed by atoms with Crippen LogP contribution in [0.5, 0.6) is 0 Å². The molecular formula is C7H7BOPb. The van der Waals surface area contributed by atoms with E-state index in [1.807, 2.05) is 31.2 Å². The van der Waals surface area contributed by atoms with E-state index in [2.05, 4.69) is 0 Å². The Balaban J connectivity index is 0.000000500. The molecule has 3 heteroatoms. The van der Waals surface area contributed by atoms with Crippen molar-refractivity contribution in [3.8, 4) is 0 Å². The summed E-state index contributed by atoms with van der Waals surface area (Å²) >= 11 is 0. The van der Waals surface area contributed by atoms with Crippen LogP contribution in [0.25, 0.3) is 10.9 Å². The van der Waals surface area contributed by atoms with Crippen molar-refractivity contribution in [2.75, 3.05) is 0 Å². The summed E-state index contributed by atoms with van der Waals surface area (Å²) < 4.78 is 5.12. The van der Waals surface area contributed by atoms with Crippen molar-refractivity contribution < 1.29 is 4.42 Å². The molecule has 2 radical (unpaired) electrons. The molecule has 2 aromatic rings. The molecule has 0 aliphatic carbocycles. The monoisotopic (exact) mass is 326 g/mol. The first-order chi connectivity index (χ1) is 4.47. The van der Waals surface area contributed by atoms with Crippen molar-refractivity contribution in [1.29, 1.82) is 0 Å². The van der Waals surface area contributed by atoms with Crippen LogP contribution in [0.1, 0.15) is 0 Å². The van der Waals surface area contributed by atoms with E-state index in [1.54, 1.807) is 6.16 Å². The molecule has 2 rings (SSSR count). The molecule has 1 nitrogen and oxygen atoms in total. The average Bonchev–Trinajstić information content (AvgIpc) is 2.33. The second kappa shape index (κ2) is 3.32. The summed E-state index contributed by atoms with van der Waals surface area (Å²) in [6.45, 7) is 1.95. The summed E-state index contributed by atoms with van der Waals surface area (Å²) in [6, 6.07) is 7.94. The molecule has 0 fully saturated rings. The standard InChI is InChI=1S/C7H5BO.Pb.2H/c1-2-4-7-6(3-1)8-5-9-7;;;/h1-5H;;;. The van der Waals surface area contributed by atoms with Crippen LogP contribution in [-0.4, -0.2) is 34.2 Å². The second-order valence-corrected chi connectivity index (χ2v) is 1.96. The van der Waals surface area contributed by atoms with Crippen molar-refractivity contribution >= 4 is 45.1 Å². The van der Waals surface area contributed by atoms with Crippen LogP contribution < -0.4 is 0 Å². The Labute approximate surface area is 79.8 Å². The number of rotatable bonds is 0. The molecule has 0 saturated carbocycles. The number of hydrogen-bond acceptors (Lipinski definition) is 1. The Morgan fingerprint density at radius 3 is 2.80 bits per heavy atom. The first-order valence-corrected chi connectivity index (χ1v) is 2.89. The van der Waals surface area contributed by atoms with E-state index in [0.29, 0.717) is 0 Å². The maximum atomic E-state index is 5.12. The molecule has 0 aliphatic rings. The van der Waals surface area contributed by atoms with Crippen LogP contribution >= 0.6 is 0 Å². The van der Waals surface area contributed by atoms with Gasteiger partial charge in [-0.05, 0) is 0 Å². The van der Waals surface area contributed by atoms with E-state index in [9.17, 15) is 0 Å². The first-order valence-electron chi connectivity index (χ1n) is 2.89. The molecule has 0 unspecified atom stereocenters. The third-order valence-corrected chi connectivity index (χ3v) is 1.36. The quantitative estimate of drug-likeness (QED) is 0.655. The Morgan fingerprint density at radius 1 is 1.20 bits per heavy atom. The second-order valence-electron chi connectivity index (χ2n) is 1.96. The van der Waals surface area contributed by atoms with E-state index in [4.69, 9.17) is 4.42 Å². The van der Waals surface area contributed by atoms with E-state index in [-0.39, 0.29) is 27.3 Å². The van der Waals surface area contributed by atoms with Gasteiger partial charge in [-0.25, -0.2) is 0 Å². The molecule has 0 saturated heterocycles. The van der Waals surface area contributed by atoms with Crippen LogP contribution in [0.2, 0.25) is 0 Å². The van der Waals surface area contributed by atoms with E-state index < -0.39 is 0 Å². The van der Waals surface area contributed by atoms with Gasteiger partial charge in [-0.1, -0.05) is 0 Å². The molecule has 0 bridgehead atoms. The minimum atomic E-state index is 0. The van der Waals surface area contributed by atoms with Crippen molar-refractivity contribution in [3.05, 3.63) is 30.4 Å². The fourth-order valence-electron chi connectivity index (χ4n) is 0.906. The van der Waals surface area contributed by atoms with Gasteiger partial charge in [0, 0.05) is 0 Å². The van der Waals surface area contributed by atoms with Gasteiger partial charge in [-0.15, -0.1) is 0 Å². The Kier molecular flexibility index (Phi) is 2.65. The Bertz CT molecular complexity index is 288. The average molecular weight is 325 g/mol. The first kappa shape index (κ1) is 7.98. The summed E-state index contributed by atoms with van der Waals surface area (Å²) in [4.78, 5) is 0. The number of para-hydroxylation sites is 1. The predicted octanol–water partition coefficient (Wildman–Crippen LogP) is 0.855. The summed E-state index contributed by atoms with van der Waals surface area (Å²) in [7, 11) is 0. The maximum absolute atomic E-state index is 5.12. The van der Waals surface area contributed by atoms with Gasteiger partial charge in [0.25, 0.3) is 0 Å². The third kappa shape index (κ3) is 1.31. The summed E-state index contributed by atoms with van der Waals surface area (Å²) in [5, 5.41) is 1.16. The zero-order chi connectivity index (χ0) is 6.10. The van der Waals surface area contributed by atoms with Gasteiger partial charge in [0.2, 0.25) is 0 Å².